The highest BCUT2D eigenvalue weighted by atomic mass is 79.9. The second kappa shape index (κ2) is 9.49. The Bertz CT molecular complexity index is 1230. The molecule has 1 aromatic heterocycles. The number of pyridine rings is 1. The number of hydrogen-bond acceptors (Lipinski definition) is 4. The quantitative estimate of drug-likeness (QED) is 0.306. The molecule has 0 N–H and O–H groups in total. The van der Waals surface area contributed by atoms with Gasteiger partial charge in [-0.25, -0.2) is 14.4 Å². The summed E-state index contributed by atoms with van der Waals surface area (Å²) in [6, 6.07) is 11.0. The zero-order valence-corrected chi connectivity index (χ0v) is 20.6. The van der Waals surface area contributed by atoms with Gasteiger partial charge in [0.1, 0.15) is 11.6 Å². The summed E-state index contributed by atoms with van der Waals surface area (Å²) in [6.07, 6.45) is 3.19. The monoisotopic (exact) mass is 530 g/mol. The fraction of sp³-hybridized carbons (Fsp3) is 0.208. The van der Waals surface area contributed by atoms with E-state index < -0.39 is 11.9 Å². The first-order chi connectivity index (χ1) is 15.8. The van der Waals surface area contributed by atoms with Gasteiger partial charge in [-0.05, 0) is 51.8 Å². The predicted octanol–water partition coefficient (Wildman–Crippen LogP) is 5.61. The largest absolute Gasteiger partial charge is 0.497 e. The third kappa shape index (κ3) is 4.58. The van der Waals surface area contributed by atoms with E-state index >= 15 is 0 Å². The molecule has 1 aliphatic rings. The lowest BCUT2D eigenvalue weighted by atomic mass is 9.98. The minimum atomic E-state index is -0.622. The number of amides is 1. The molecule has 0 saturated carbocycles. The summed E-state index contributed by atoms with van der Waals surface area (Å²) in [5, 5.41) is 0.365. The van der Waals surface area contributed by atoms with E-state index in [4.69, 9.17) is 16.3 Å². The van der Waals surface area contributed by atoms with Gasteiger partial charge < -0.3 is 14.5 Å². The molecule has 0 aliphatic carbocycles. The Morgan fingerprint density at radius 3 is 2.67 bits per heavy atom. The number of rotatable bonds is 6. The molecule has 4 rings (SSSR count). The fourth-order valence-electron chi connectivity index (χ4n) is 3.79. The molecule has 0 fully saturated rings. The topological polar surface area (TPSA) is 58.0 Å². The lowest BCUT2D eigenvalue weighted by Crippen LogP contribution is -2.28. The normalized spacial score (nSPS) is 15.3. The van der Waals surface area contributed by atoms with Gasteiger partial charge in [0.25, 0.3) is 5.91 Å². The predicted molar refractivity (Wildman–Crippen MR) is 130 cm³/mol. The maximum absolute atomic E-state index is 14.3. The van der Waals surface area contributed by atoms with Gasteiger partial charge in [-0.3, -0.25) is 4.79 Å². The van der Waals surface area contributed by atoms with Crippen LogP contribution in [0.25, 0.3) is 0 Å². The Hall–Kier alpha value is -2.97. The molecule has 3 aromatic rings. The minimum Gasteiger partial charge on any atom is -0.497 e. The highest BCUT2D eigenvalue weighted by Gasteiger charge is 2.42. The number of fused-ring (bicyclic) bond motifs is 1. The maximum Gasteiger partial charge on any atom is 0.259 e. The molecule has 2 heterocycles. The van der Waals surface area contributed by atoms with Crippen LogP contribution in [0, 0.1) is 5.82 Å². The molecule has 1 atom stereocenters. The van der Waals surface area contributed by atoms with Gasteiger partial charge in [0.05, 0.1) is 25.1 Å². The molecule has 1 unspecified atom stereocenters. The van der Waals surface area contributed by atoms with Gasteiger partial charge in [-0.1, -0.05) is 23.7 Å². The third-order valence-corrected chi connectivity index (χ3v) is 6.26. The van der Waals surface area contributed by atoms with Crippen LogP contribution in [0.1, 0.15) is 33.1 Å². The van der Waals surface area contributed by atoms with Crippen molar-refractivity contribution < 1.29 is 13.9 Å². The van der Waals surface area contributed by atoms with Crippen molar-refractivity contribution in [1.29, 1.82) is 0 Å². The molecular weight excluding hydrogens is 511 g/mol. The molecular formula is C24H21BrClFN4O2. The Labute approximate surface area is 204 Å². The summed E-state index contributed by atoms with van der Waals surface area (Å²) >= 11 is 10.0. The van der Waals surface area contributed by atoms with Crippen molar-refractivity contribution in [3.8, 4) is 5.75 Å². The van der Waals surface area contributed by atoms with E-state index in [2.05, 4.69) is 25.9 Å². The van der Waals surface area contributed by atoms with Gasteiger partial charge in [0.2, 0.25) is 0 Å². The van der Waals surface area contributed by atoms with Crippen LogP contribution in [0.5, 0.6) is 5.75 Å². The number of methoxy groups -OCH3 is 1. The Balaban J connectivity index is 1.88. The summed E-state index contributed by atoms with van der Waals surface area (Å²) in [6.45, 7) is 0.276. The van der Waals surface area contributed by atoms with Crippen molar-refractivity contribution in [1.82, 2.24) is 14.8 Å². The van der Waals surface area contributed by atoms with Crippen LogP contribution in [0.4, 0.5) is 10.2 Å². The summed E-state index contributed by atoms with van der Waals surface area (Å²) in [5.74, 6) is 0.315. The number of aliphatic imine (C=N–C) groups is 1. The summed E-state index contributed by atoms with van der Waals surface area (Å²) in [5.41, 5.74) is 2.40. The number of benzene rings is 2. The number of halogens is 3. The molecule has 6 nitrogen and oxygen atoms in total. The van der Waals surface area contributed by atoms with E-state index in [9.17, 15) is 9.18 Å². The average Bonchev–Trinajstić information content (AvgIpc) is 3.08. The van der Waals surface area contributed by atoms with Crippen molar-refractivity contribution in [2.75, 3.05) is 21.2 Å². The Morgan fingerprint density at radius 2 is 2.00 bits per heavy atom. The van der Waals surface area contributed by atoms with Crippen molar-refractivity contribution in [2.24, 2.45) is 4.99 Å². The molecule has 0 radical (unpaired) electrons. The van der Waals surface area contributed by atoms with Crippen LogP contribution >= 0.6 is 27.5 Å². The minimum absolute atomic E-state index is 0.258. The van der Waals surface area contributed by atoms with Crippen molar-refractivity contribution in [2.45, 2.75) is 12.6 Å². The first-order valence-corrected chi connectivity index (χ1v) is 11.2. The van der Waals surface area contributed by atoms with E-state index in [0.29, 0.717) is 37.8 Å². The number of hydrogen-bond donors (Lipinski definition) is 0. The maximum atomic E-state index is 14.3. The second-order valence-corrected chi connectivity index (χ2v) is 9.04. The second-order valence-electron chi connectivity index (χ2n) is 7.78. The van der Waals surface area contributed by atoms with E-state index in [1.54, 1.807) is 29.4 Å². The van der Waals surface area contributed by atoms with Crippen LogP contribution in [-0.2, 0) is 6.54 Å². The van der Waals surface area contributed by atoms with E-state index in [0.717, 1.165) is 5.56 Å². The number of carbonyl (C=O) groups is 1. The lowest BCUT2D eigenvalue weighted by Gasteiger charge is -2.27. The Kier molecular flexibility index (Phi) is 6.67. The molecule has 9 heteroatoms. The number of nitrogens with zero attached hydrogens (tertiary/aromatic N) is 4. The van der Waals surface area contributed by atoms with Crippen LogP contribution in [0.15, 0.2) is 58.1 Å². The summed E-state index contributed by atoms with van der Waals surface area (Å²) < 4.78 is 20.1. The van der Waals surface area contributed by atoms with E-state index in [1.807, 2.05) is 38.4 Å². The highest BCUT2D eigenvalue weighted by molar-refractivity contribution is 9.10. The molecule has 170 valence electrons. The lowest BCUT2D eigenvalue weighted by molar-refractivity contribution is 0.0736. The Morgan fingerprint density at radius 1 is 1.27 bits per heavy atom. The molecule has 1 aliphatic heterocycles. The average molecular weight is 532 g/mol. The zero-order valence-electron chi connectivity index (χ0n) is 18.2. The van der Waals surface area contributed by atoms with Gasteiger partial charge in [0.15, 0.2) is 5.82 Å². The van der Waals surface area contributed by atoms with Crippen LogP contribution < -0.4 is 4.74 Å². The number of carbonyl (C=O) groups excluding carboxylic acids is 1. The molecule has 2 aromatic carbocycles. The first-order valence-electron chi connectivity index (χ1n) is 10.1. The third-order valence-electron chi connectivity index (χ3n) is 5.29. The van der Waals surface area contributed by atoms with Gasteiger partial charge in [-0.2, -0.15) is 0 Å². The van der Waals surface area contributed by atoms with Crippen LogP contribution in [-0.4, -0.2) is 48.2 Å². The number of ether oxygens (including phenoxy) is 1. The number of aromatic nitrogens is 1. The summed E-state index contributed by atoms with van der Waals surface area (Å²) in [7, 11) is 5.25. The van der Waals surface area contributed by atoms with Crippen LogP contribution in [0.2, 0.25) is 5.02 Å². The van der Waals surface area contributed by atoms with Crippen LogP contribution in [0.3, 0.4) is 0 Å². The fourth-order valence-corrected chi connectivity index (χ4v) is 4.53. The highest BCUT2D eigenvalue weighted by Crippen LogP contribution is 2.47. The van der Waals surface area contributed by atoms with Gasteiger partial charge in [-0.15, -0.1) is 0 Å². The van der Waals surface area contributed by atoms with Gasteiger partial charge in [0, 0.05) is 47.5 Å². The summed E-state index contributed by atoms with van der Waals surface area (Å²) in [4.78, 5) is 25.9. The SMILES string of the molecule is COc1ccc(CN2C(=O)c3c(/N=C/N(C)C)ncc(Br)c3C2c2cc(F)ccc2Cl)cc1. The van der Waals surface area contributed by atoms with Crippen molar-refractivity contribution in [3.05, 3.63) is 86.2 Å². The van der Waals surface area contributed by atoms with E-state index in [-0.39, 0.29) is 12.5 Å². The molecule has 0 saturated heterocycles. The molecule has 33 heavy (non-hydrogen) atoms. The van der Waals surface area contributed by atoms with Gasteiger partial charge >= 0.3 is 0 Å². The molecule has 1 amide bonds. The molecule has 0 spiro atoms. The van der Waals surface area contributed by atoms with Crippen molar-refractivity contribution >= 4 is 45.6 Å². The first kappa shape index (κ1) is 23.2. The standard InChI is InChI=1S/C24H21BrClFN4O2/c1-30(2)13-29-23-21-20(18(25)11-28-23)22(17-10-15(27)6-9-19(17)26)31(24(21)32)12-14-4-7-16(33-3)8-5-14/h4-11,13,22H,12H2,1-3H3/b29-13+. The molecule has 0 bridgehead atoms. The smallest absolute Gasteiger partial charge is 0.259 e. The zero-order chi connectivity index (χ0) is 23.7. The van der Waals surface area contributed by atoms with Crippen molar-refractivity contribution in [3.63, 3.8) is 0 Å². The van der Waals surface area contributed by atoms with E-state index in [1.165, 1.54) is 18.2 Å².